The molecule has 252 valence electrons. The number of aromatic nitrogens is 2. The lowest BCUT2D eigenvalue weighted by Gasteiger charge is -2.19. The lowest BCUT2D eigenvalue weighted by molar-refractivity contribution is 0.669. The first-order chi connectivity index (χ1) is 28.9. The Morgan fingerprint density at radius 1 is 0.463 bits per heavy atom. The lowest BCUT2D eigenvalue weighted by Crippen LogP contribution is -1.97. The number of nitrogens with zero attached hydrogens (tertiary/aromatic N) is 2. The van der Waals surface area contributed by atoms with Gasteiger partial charge in [-0.25, -0.2) is 4.98 Å². The van der Waals surface area contributed by atoms with Crippen LogP contribution in [0, 0.1) is 0 Å². The summed E-state index contributed by atoms with van der Waals surface area (Å²) in [4.78, 5) is 4.97. The van der Waals surface area contributed by atoms with E-state index in [0.29, 0.717) is 16.9 Å². The molecule has 0 saturated heterocycles. The van der Waals surface area contributed by atoms with Crippen molar-refractivity contribution < 1.29 is 11.3 Å². The molecule has 0 amide bonds. The Kier molecular flexibility index (Phi) is 5.79. The Morgan fingerprint density at radius 3 is 1.94 bits per heavy atom. The van der Waals surface area contributed by atoms with Crippen molar-refractivity contribution in [2.45, 2.75) is 0 Å². The first-order valence-corrected chi connectivity index (χ1v) is 18.0. The van der Waals surface area contributed by atoms with Gasteiger partial charge in [0.2, 0.25) is 0 Å². The van der Waals surface area contributed by atoms with Crippen LogP contribution in [0.25, 0.3) is 105 Å². The smallest absolute Gasteiger partial charge is 0.145 e. The van der Waals surface area contributed by atoms with Gasteiger partial charge in [0.15, 0.2) is 0 Å². The number of hydrogen-bond acceptors (Lipinski definition) is 2. The maximum absolute atomic E-state index is 8.84. The molecular formula is C51H32N2O. The van der Waals surface area contributed by atoms with Crippen molar-refractivity contribution in [3.05, 3.63) is 194 Å². The monoisotopic (exact) mass is 693 g/mol. The summed E-state index contributed by atoms with van der Waals surface area (Å²) in [6.45, 7) is 0. The van der Waals surface area contributed by atoms with Crippen LogP contribution in [0.3, 0.4) is 0 Å². The summed E-state index contributed by atoms with van der Waals surface area (Å²) < 4.78 is 50.9. The van der Waals surface area contributed by atoms with Crippen molar-refractivity contribution in [2.24, 2.45) is 0 Å². The third kappa shape index (κ3) is 4.72. The van der Waals surface area contributed by atoms with Gasteiger partial charge >= 0.3 is 0 Å². The van der Waals surface area contributed by atoms with E-state index in [1.165, 1.54) is 0 Å². The van der Waals surface area contributed by atoms with E-state index in [-0.39, 0.29) is 17.8 Å². The molecule has 0 aliphatic carbocycles. The molecule has 0 unspecified atom stereocenters. The summed E-state index contributed by atoms with van der Waals surface area (Å²) in [5.41, 5.74) is 10.4. The number of furan rings is 1. The summed E-state index contributed by atoms with van der Waals surface area (Å²) in [5, 5.41) is 6.59. The predicted octanol–water partition coefficient (Wildman–Crippen LogP) is 13.9. The molecule has 11 rings (SSSR count). The minimum atomic E-state index is -0.435. The number of rotatable bonds is 5. The molecule has 0 radical (unpaired) electrons. The van der Waals surface area contributed by atoms with Crippen LogP contribution in [-0.4, -0.2) is 9.55 Å². The largest absolute Gasteiger partial charge is 0.456 e. The first-order valence-electron chi connectivity index (χ1n) is 20.5. The molecule has 11 aromatic rings. The van der Waals surface area contributed by atoms with Crippen LogP contribution in [0.2, 0.25) is 0 Å². The molecule has 0 fully saturated rings. The molecule has 2 aromatic heterocycles. The quantitative estimate of drug-likeness (QED) is 0.168. The second-order valence-corrected chi connectivity index (χ2v) is 13.5. The number of hydrogen-bond donors (Lipinski definition) is 0. The molecule has 0 atom stereocenters. The van der Waals surface area contributed by atoms with Crippen LogP contribution < -0.4 is 0 Å². The molecule has 2 heterocycles. The van der Waals surface area contributed by atoms with E-state index in [4.69, 9.17) is 16.3 Å². The summed E-state index contributed by atoms with van der Waals surface area (Å²) in [6.07, 6.45) is 0. The molecule has 9 aromatic carbocycles. The molecule has 0 aliphatic heterocycles. The van der Waals surface area contributed by atoms with E-state index in [1.54, 1.807) is 4.57 Å². The van der Waals surface area contributed by atoms with Crippen molar-refractivity contribution in [3.8, 4) is 50.5 Å². The highest BCUT2D eigenvalue weighted by molar-refractivity contribution is 6.26. The van der Waals surface area contributed by atoms with Crippen LogP contribution >= 0.6 is 0 Å². The van der Waals surface area contributed by atoms with Crippen molar-refractivity contribution in [3.63, 3.8) is 0 Å². The number of imidazole rings is 1. The third-order valence-electron chi connectivity index (χ3n) is 10.5. The summed E-state index contributed by atoms with van der Waals surface area (Å²) in [6, 6.07) is 54.2. The molecular weight excluding hydrogens is 657 g/mol. The van der Waals surface area contributed by atoms with Gasteiger partial charge in [-0.15, -0.1) is 0 Å². The van der Waals surface area contributed by atoms with E-state index in [0.717, 1.165) is 82.4 Å². The highest BCUT2D eigenvalue weighted by atomic mass is 16.3. The van der Waals surface area contributed by atoms with Crippen molar-refractivity contribution >= 4 is 54.5 Å². The van der Waals surface area contributed by atoms with Crippen LogP contribution in [0.4, 0.5) is 0 Å². The maximum atomic E-state index is 8.84. The SMILES string of the molecule is [2H]c1c([2H])c([2H])c(-n2c(-c3ccc(-c4c5ccccc5c(-c5cccc6oc7ccccc7c56)c5cc(-c6ccccc6)ccc45)cc3)nc3ccccc32)c([2H])c1[2H]. The fourth-order valence-corrected chi connectivity index (χ4v) is 8.16. The van der Waals surface area contributed by atoms with Gasteiger partial charge in [-0.2, -0.15) is 0 Å². The van der Waals surface area contributed by atoms with Gasteiger partial charge < -0.3 is 4.42 Å². The average molecular weight is 694 g/mol. The summed E-state index contributed by atoms with van der Waals surface area (Å²) in [5.74, 6) is 0.481. The molecule has 3 nitrogen and oxygen atoms in total. The standard InChI is InChI=1S/C51H32N2O/c1-3-14-33(15-4-1)36-30-31-40-43(32-36)49(42-21-13-25-47-50(42)41-20-9-12-24-46(41)54-47)39-19-8-7-18-38(39)48(40)34-26-28-35(29-27-34)51-52-44-22-10-11-23-45(44)53(51)37-16-5-2-6-17-37/h1-32H/i2D,5D,6D,16D,17D. The van der Waals surface area contributed by atoms with Crippen molar-refractivity contribution in [1.29, 1.82) is 0 Å². The van der Waals surface area contributed by atoms with E-state index >= 15 is 0 Å². The predicted molar refractivity (Wildman–Crippen MR) is 225 cm³/mol. The average Bonchev–Trinajstić information content (AvgIpc) is 3.86. The Morgan fingerprint density at radius 2 is 1.11 bits per heavy atom. The van der Waals surface area contributed by atoms with Gasteiger partial charge in [0.25, 0.3) is 0 Å². The van der Waals surface area contributed by atoms with Crippen LogP contribution in [-0.2, 0) is 0 Å². The van der Waals surface area contributed by atoms with Crippen LogP contribution in [0.5, 0.6) is 0 Å². The van der Waals surface area contributed by atoms with Crippen LogP contribution in [0.1, 0.15) is 6.85 Å². The zero-order valence-electron chi connectivity index (χ0n) is 33.9. The molecule has 0 N–H and O–H groups in total. The number of fused-ring (bicyclic) bond motifs is 6. The first kappa shape index (κ1) is 25.7. The topological polar surface area (TPSA) is 31.0 Å². The zero-order valence-corrected chi connectivity index (χ0v) is 28.9. The maximum Gasteiger partial charge on any atom is 0.145 e. The van der Waals surface area contributed by atoms with Gasteiger partial charge in [-0.05, 0) is 97.3 Å². The zero-order chi connectivity index (χ0) is 39.9. The minimum Gasteiger partial charge on any atom is -0.456 e. The fraction of sp³-hybridized carbons (Fsp3) is 0. The second-order valence-electron chi connectivity index (χ2n) is 13.5. The summed E-state index contributed by atoms with van der Waals surface area (Å²) in [7, 11) is 0. The van der Waals surface area contributed by atoms with Gasteiger partial charge in [-0.1, -0.05) is 152 Å². The Balaban J connectivity index is 1.17. The normalized spacial score (nSPS) is 13.0. The molecule has 0 bridgehead atoms. The molecule has 3 heteroatoms. The van der Waals surface area contributed by atoms with Crippen LogP contribution in [0.15, 0.2) is 198 Å². The summed E-state index contributed by atoms with van der Waals surface area (Å²) >= 11 is 0. The van der Waals surface area contributed by atoms with E-state index < -0.39 is 18.1 Å². The Hall–Kier alpha value is -7.23. The Labute approximate surface area is 319 Å². The van der Waals surface area contributed by atoms with Crippen molar-refractivity contribution in [1.82, 2.24) is 9.55 Å². The lowest BCUT2D eigenvalue weighted by atomic mass is 9.84. The molecule has 0 spiro atoms. The Bertz CT molecular complexity index is 3470. The fourth-order valence-electron chi connectivity index (χ4n) is 8.16. The van der Waals surface area contributed by atoms with E-state index in [2.05, 4.69) is 103 Å². The van der Waals surface area contributed by atoms with Gasteiger partial charge in [-0.3, -0.25) is 4.57 Å². The van der Waals surface area contributed by atoms with Gasteiger partial charge in [0, 0.05) is 22.0 Å². The molecule has 0 saturated carbocycles. The minimum absolute atomic E-state index is 0.0611. The van der Waals surface area contributed by atoms with Gasteiger partial charge in [0.1, 0.15) is 17.0 Å². The van der Waals surface area contributed by atoms with E-state index in [9.17, 15) is 0 Å². The second kappa shape index (κ2) is 12.2. The highest BCUT2D eigenvalue weighted by Gasteiger charge is 2.21. The van der Waals surface area contributed by atoms with Crippen molar-refractivity contribution in [2.75, 3.05) is 0 Å². The third-order valence-corrected chi connectivity index (χ3v) is 10.5. The molecule has 54 heavy (non-hydrogen) atoms. The number of para-hydroxylation sites is 4. The van der Waals surface area contributed by atoms with E-state index in [1.807, 2.05) is 60.7 Å². The highest BCUT2D eigenvalue weighted by Crippen LogP contribution is 2.48. The molecule has 0 aliphatic rings. The van der Waals surface area contributed by atoms with Gasteiger partial charge in [0.05, 0.1) is 17.9 Å². The number of benzene rings is 9.